The number of carbonyl (C=O) groups excluding carboxylic acids is 2. The molecule has 0 aromatic rings. The van der Waals surface area contributed by atoms with Crippen molar-refractivity contribution in [2.24, 2.45) is 17.6 Å². The van der Waals surface area contributed by atoms with Crippen LogP contribution in [0, 0.1) is 11.8 Å². The van der Waals surface area contributed by atoms with Gasteiger partial charge in [0.2, 0.25) is 5.91 Å². The number of hydrogen-bond donors (Lipinski definition) is 3. The molecule has 0 aromatic heterocycles. The molecule has 0 bridgehead atoms. The van der Waals surface area contributed by atoms with Crippen molar-refractivity contribution in [2.45, 2.75) is 6.92 Å². The fraction of sp³-hybridized carbons (Fsp3) is 0.667. The molecule has 1 heterocycles. The Morgan fingerprint density at radius 1 is 1.50 bits per heavy atom. The lowest BCUT2D eigenvalue weighted by Gasteiger charge is -2.40. The lowest BCUT2D eigenvalue weighted by atomic mass is 9.87. The fourth-order valence-corrected chi connectivity index (χ4v) is 1.47. The highest BCUT2D eigenvalue weighted by Gasteiger charge is 2.37. The van der Waals surface area contributed by atoms with Crippen LogP contribution in [0.3, 0.4) is 0 Å². The second-order valence-electron chi connectivity index (χ2n) is 3.92. The molecular weight excluding hydrogens is 214 g/mol. The van der Waals surface area contributed by atoms with Gasteiger partial charge in [0.1, 0.15) is 0 Å². The first kappa shape index (κ1) is 12.3. The maximum absolute atomic E-state index is 11.3. The molecule has 0 aliphatic carbocycles. The number of nitrogens with one attached hydrogen (secondary N) is 1. The molecule has 90 valence electrons. The van der Waals surface area contributed by atoms with E-state index in [1.165, 1.54) is 4.90 Å². The summed E-state index contributed by atoms with van der Waals surface area (Å²) in [7, 11) is 0. The molecule has 1 aliphatic heterocycles. The first-order chi connectivity index (χ1) is 7.41. The zero-order chi connectivity index (χ0) is 12.3. The van der Waals surface area contributed by atoms with Gasteiger partial charge in [0.25, 0.3) is 0 Å². The van der Waals surface area contributed by atoms with Gasteiger partial charge in [-0.15, -0.1) is 0 Å². The van der Waals surface area contributed by atoms with E-state index in [0.717, 1.165) is 0 Å². The average molecular weight is 229 g/mol. The molecule has 1 atom stereocenters. The molecule has 1 unspecified atom stereocenters. The molecule has 7 heteroatoms. The summed E-state index contributed by atoms with van der Waals surface area (Å²) in [6.45, 7) is 2.22. The third-order valence-corrected chi connectivity index (χ3v) is 2.71. The molecule has 7 nitrogen and oxygen atoms in total. The van der Waals surface area contributed by atoms with Gasteiger partial charge in [-0.25, -0.2) is 4.79 Å². The van der Waals surface area contributed by atoms with Gasteiger partial charge in [0, 0.05) is 19.0 Å². The van der Waals surface area contributed by atoms with Crippen LogP contribution in [-0.2, 0) is 9.59 Å². The fourth-order valence-electron chi connectivity index (χ4n) is 1.47. The van der Waals surface area contributed by atoms with E-state index in [4.69, 9.17) is 10.8 Å². The molecule has 1 fully saturated rings. The van der Waals surface area contributed by atoms with E-state index in [1.807, 2.05) is 0 Å². The Kier molecular flexibility index (Phi) is 3.70. The van der Waals surface area contributed by atoms with Crippen LogP contribution in [0.4, 0.5) is 4.79 Å². The minimum absolute atomic E-state index is 0.0168. The van der Waals surface area contributed by atoms with Crippen molar-refractivity contribution in [3.05, 3.63) is 0 Å². The monoisotopic (exact) mass is 229 g/mol. The maximum atomic E-state index is 11.3. The van der Waals surface area contributed by atoms with Crippen LogP contribution < -0.4 is 11.1 Å². The van der Waals surface area contributed by atoms with E-state index in [2.05, 4.69) is 5.32 Å². The number of amides is 3. The molecule has 0 spiro atoms. The Hall–Kier alpha value is -1.79. The number of nitrogens with zero attached hydrogens (tertiary/aromatic N) is 1. The number of urea groups is 1. The summed E-state index contributed by atoms with van der Waals surface area (Å²) in [6, 6.07) is -0.382. The summed E-state index contributed by atoms with van der Waals surface area (Å²) in [5.41, 5.74) is 4.87. The summed E-state index contributed by atoms with van der Waals surface area (Å²) in [5, 5.41) is 11.1. The average Bonchev–Trinajstić information content (AvgIpc) is 2.11. The zero-order valence-corrected chi connectivity index (χ0v) is 8.97. The van der Waals surface area contributed by atoms with Crippen LogP contribution in [0.25, 0.3) is 0 Å². The summed E-state index contributed by atoms with van der Waals surface area (Å²) >= 11 is 0. The quantitative estimate of drug-likeness (QED) is 0.564. The van der Waals surface area contributed by atoms with Crippen LogP contribution in [0.2, 0.25) is 0 Å². The molecule has 4 N–H and O–H groups in total. The van der Waals surface area contributed by atoms with Gasteiger partial charge in [-0.05, 0) is 0 Å². The minimum atomic E-state index is -0.859. The molecule has 1 aliphatic rings. The van der Waals surface area contributed by atoms with Gasteiger partial charge in [0.15, 0.2) is 0 Å². The predicted molar refractivity (Wildman–Crippen MR) is 54.5 cm³/mol. The Morgan fingerprint density at radius 3 is 2.50 bits per heavy atom. The van der Waals surface area contributed by atoms with Gasteiger partial charge in [-0.2, -0.15) is 0 Å². The third kappa shape index (κ3) is 2.85. The number of aliphatic carboxylic acids is 1. The van der Waals surface area contributed by atoms with E-state index in [9.17, 15) is 14.4 Å². The largest absolute Gasteiger partial charge is 0.481 e. The number of carboxylic acid groups (broad SMARTS) is 1. The lowest BCUT2D eigenvalue weighted by Crippen LogP contribution is -2.57. The molecule has 3 amide bonds. The molecule has 1 saturated heterocycles. The SMILES string of the molecule is CC(C(=O)O)C1CN(C(=O)NCC(N)=O)C1. The molecule has 1 rings (SSSR count). The summed E-state index contributed by atoms with van der Waals surface area (Å²) in [4.78, 5) is 33.8. The van der Waals surface area contributed by atoms with Crippen molar-refractivity contribution in [3.63, 3.8) is 0 Å². The normalized spacial score (nSPS) is 17.4. The van der Waals surface area contributed by atoms with Crippen molar-refractivity contribution in [2.75, 3.05) is 19.6 Å². The number of carbonyl (C=O) groups is 3. The second kappa shape index (κ2) is 4.82. The minimum Gasteiger partial charge on any atom is -0.481 e. The van der Waals surface area contributed by atoms with Crippen molar-refractivity contribution < 1.29 is 19.5 Å². The van der Waals surface area contributed by atoms with E-state index < -0.39 is 17.8 Å². The van der Waals surface area contributed by atoms with Gasteiger partial charge in [-0.1, -0.05) is 6.92 Å². The van der Waals surface area contributed by atoms with Crippen molar-refractivity contribution in [1.82, 2.24) is 10.2 Å². The molecular formula is C9H15N3O4. The first-order valence-corrected chi connectivity index (χ1v) is 4.95. The first-order valence-electron chi connectivity index (χ1n) is 4.95. The van der Waals surface area contributed by atoms with Gasteiger partial charge in [0.05, 0.1) is 12.5 Å². The summed E-state index contributed by atoms with van der Waals surface area (Å²) in [5.74, 6) is -1.94. The lowest BCUT2D eigenvalue weighted by molar-refractivity contribution is -0.144. The van der Waals surface area contributed by atoms with Crippen LogP contribution >= 0.6 is 0 Å². The Balaban J connectivity index is 2.27. The molecule has 0 radical (unpaired) electrons. The van der Waals surface area contributed by atoms with Crippen LogP contribution in [-0.4, -0.2) is 47.5 Å². The van der Waals surface area contributed by atoms with Gasteiger partial charge in [-0.3, -0.25) is 9.59 Å². The maximum Gasteiger partial charge on any atom is 0.317 e. The number of primary amides is 1. The Labute approximate surface area is 92.6 Å². The van der Waals surface area contributed by atoms with Crippen molar-refractivity contribution in [3.8, 4) is 0 Å². The van der Waals surface area contributed by atoms with E-state index in [-0.39, 0.29) is 18.5 Å². The topological polar surface area (TPSA) is 113 Å². The number of hydrogen-bond acceptors (Lipinski definition) is 3. The van der Waals surface area contributed by atoms with E-state index in [1.54, 1.807) is 6.92 Å². The van der Waals surface area contributed by atoms with Crippen LogP contribution in [0.15, 0.2) is 0 Å². The molecule has 16 heavy (non-hydrogen) atoms. The molecule has 0 saturated carbocycles. The van der Waals surface area contributed by atoms with Crippen LogP contribution in [0.5, 0.6) is 0 Å². The molecule has 0 aromatic carbocycles. The van der Waals surface area contributed by atoms with Gasteiger partial charge < -0.3 is 21.1 Å². The van der Waals surface area contributed by atoms with Crippen molar-refractivity contribution >= 4 is 17.9 Å². The Morgan fingerprint density at radius 2 is 2.06 bits per heavy atom. The number of nitrogens with two attached hydrogens (primary N) is 1. The number of likely N-dealkylation sites (tertiary alicyclic amines) is 1. The highest BCUT2D eigenvalue weighted by atomic mass is 16.4. The second-order valence-corrected chi connectivity index (χ2v) is 3.92. The third-order valence-electron chi connectivity index (χ3n) is 2.71. The van der Waals surface area contributed by atoms with Crippen LogP contribution in [0.1, 0.15) is 6.92 Å². The highest BCUT2D eigenvalue weighted by Crippen LogP contribution is 2.23. The van der Waals surface area contributed by atoms with E-state index in [0.29, 0.717) is 13.1 Å². The summed E-state index contributed by atoms with van der Waals surface area (Å²) in [6.07, 6.45) is 0. The van der Waals surface area contributed by atoms with E-state index >= 15 is 0 Å². The summed E-state index contributed by atoms with van der Waals surface area (Å²) < 4.78 is 0. The number of rotatable bonds is 4. The standard InChI is InChI=1S/C9H15N3O4/c1-5(8(14)15)6-3-12(4-6)9(16)11-2-7(10)13/h5-6H,2-4H2,1H3,(H2,10,13)(H,11,16)(H,14,15). The Bertz CT molecular complexity index is 312. The highest BCUT2D eigenvalue weighted by molar-refractivity contribution is 5.83. The smallest absolute Gasteiger partial charge is 0.317 e. The van der Waals surface area contributed by atoms with Gasteiger partial charge >= 0.3 is 12.0 Å². The van der Waals surface area contributed by atoms with Crippen molar-refractivity contribution in [1.29, 1.82) is 0 Å². The zero-order valence-electron chi connectivity index (χ0n) is 8.97. The predicted octanol–water partition coefficient (Wildman–Crippen LogP) is -1.17. The number of carboxylic acids is 1.